The van der Waals surface area contributed by atoms with E-state index in [9.17, 15) is 14.4 Å². The molecule has 0 N–H and O–H groups in total. The van der Waals surface area contributed by atoms with Crippen molar-refractivity contribution in [3.63, 3.8) is 0 Å². The van der Waals surface area contributed by atoms with Crippen LogP contribution in [-0.2, 0) is 16.1 Å². The van der Waals surface area contributed by atoms with E-state index < -0.39 is 11.4 Å². The third kappa shape index (κ3) is 5.41. The van der Waals surface area contributed by atoms with Gasteiger partial charge in [0.25, 0.3) is 5.56 Å². The van der Waals surface area contributed by atoms with E-state index in [4.69, 9.17) is 4.74 Å². The fourth-order valence-corrected chi connectivity index (χ4v) is 4.06. The average Bonchev–Trinajstić information content (AvgIpc) is 2.74. The van der Waals surface area contributed by atoms with Gasteiger partial charge < -0.3 is 4.74 Å². The number of carbonyl (C=O) groups excluding carboxylic acids is 2. The van der Waals surface area contributed by atoms with E-state index in [0.29, 0.717) is 28.2 Å². The van der Waals surface area contributed by atoms with Crippen molar-refractivity contribution < 1.29 is 14.3 Å². The molecule has 0 atom stereocenters. The lowest BCUT2D eigenvalue weighted by molar-refractivity contribution is -0.123. The van der Waals surface area contributed by atoms with Crippen LogP contribution in [0, 0.1) is 5.41 Å². The molecule has 0 fully saturated rings. The van der Waals surface area contributed by atoms with Crippen LogP contribution in [0.2, 0.25) is 0 Å². The molecule has 0 spiro atoms. The molecule has 6 nitrogen and oxygen atoms in total. The SMILES string of the molecule is CCOC(=O)c1ccc2c(=O)n(Cc3ccccc3)c(SCC(=O)C(C)(C)C)nc2c1. The number of thioether (sulfide) groups is 1. The predicted octanol–water partition coefficient (Wildman–Crippen LogP) is 4.33. The first-order valence-corrected chi connectivity index (χ1v) is 11.1. The lowest BCUT2D eigenvalue weighted by Gasteiger charge is -2.17. The Morgan fingerprint density at radius 1 is 1.10 bits per heavy atom. The van der Waals surface area contributed by atoms with Crippen molar-refractivity contribution in [2.24, 2.45) is 5.41 Å². The molecule has 0 aliphatic rings. The summed E-state index contributed by atoms with van der Waals surface area (Å²) in [6.45, 7) is 7.94. The second-order valence-corrected chi connectivity index (χ2v) is 9.13. The molecule has 162 valence electrons. The molecule has 0 amide bonds. The van der Waals surface area contributed by atoms with Gasteiger partial charge in [0.1, 0.15) is 5.78 Å². The molecule has 0 bridgehead atoms. The van der Waals surface area contributed by atoms with E-state index in [1.54, 1.807) is 29.7 Å². The first-order chi connectivity index (χ1) is 14.7. The van der Waals surface area contributed by atoms with Crippen LogP contribution in [0.4, 0.5) is 0 Å². The van der Waals surface area contributed by atoms with Gasteiger partial charge in [-0.15, -0.1) is 0 Å². The number of carbonyl (C=O) groups is 2. The Bertz CT molecular complexity index is 1160. The van der Waals surface area contributed by atoms with Crippen LogP contribution < -0.4 is 5.56 Å². The van der Waals surface area contributed by atoms with Crippen LogP contribution in [-0.4, -0.2) is 33.7 Å². The van der Waals surface area contributed by atoms with Crippen LogP contribution in [0.5, 0.6) is 0 Å². The summed E-state index contributed by atoms with van der Waals surface area (Å²) in [7, 11) is 0. The summed E-state index contributed by atoms with van der Waals surface area (Å²) in [4.78, 5) is 42.5. The van der Waals surface area contributed by atoms with Gasteiger partial charge in [-0.3, -0.25) is 14.2 Å². The van der Waals surface area contributed by atoms with Gasteiger partial charge in [-0.05, 0) is 30.7 Å². The number of ketones is 1. The van der Waals surface area contributed by atoms with E-state index in [1.807, 2.05) is 51.1 Å². The van der Waals surface area contributed by atoms with E-state index >= 15 is 0 Å². The first kappa shape index (κ1) is 22.7. The van der Waals surface area contributed by atoms with E-state index in [2.05, 4.69) is 4.98 Å². The molecule has 31 heavy (non-hydrogen) atoms. The molecule has 7 heteroatoms. The number of ether oxygens (including phenoxy) is 1. The van der Waals surface area contributed by atoms with Crippen LogP contribution >= 0.6 is 11.8 Å². The minimum atomic E-state index is -0.481. The van der Waals surface area contributed by atoms with Gasteiger partial charge in [0.15, 0.2) is 5.16 Å². The summed E-state index contributed by atoms with van der Waals surface area (Å²) in [5.74, 6) is -0.191. The van der Waals surface area contributed by atoms with Gasteiger partial charge in [-0.1, -0.05) is 62.9 Å². The maximum absolute atomic E-state index is 13.3. The number of hydrogen-bond donors (Lipinski definition) is 0. The van der Waals surface area contributed by atoms with Gasteiger partial charge in [-0.2, -0.15) is 0 Å². The van der Waals surface area contributed by atoms with Crippen molar-refractivity contribution in [3.8, 4) is 0 Å². The highest BCUT2D eigenvalue weighted by Crippen LogP contribution is 2.24. The number of benzene rings is 2. The Hall–Kier alpha value is -2.93. The monoisotopic (exact) mass is 438 g/mol. The molecule has 0 aliphatic heterocycles. The minimum Gasteiger partial charge on any atom is -0.462 e. The van der Waals surface area contributed by atoms with E-state index in [1.165, 1.54) is 11.8 Å². The predicted molar refractivity (Wildman–Crippen MR) is 123 cm³/mol. The lowest BCUT2D eigenvalue weighted by atomic mass is 9.92. The molecule has 3 rings (SSSR count). The molecule has 1 heterocycles. The van der Waals surface area contributed by atoms with Gasteiger partial charge in [0.05, 0.1) is 35.4 Å². The molecule has 2 aromatic carbocycles. The summed E-state index contributed by atoms with van der Waals surface area (Å²) in [6, 6.07) is 14.4. The van der Waals surface area contributed by atoms with Gasteiger partial charge in [0, 0.05) is 5.41 Å². The molecule has 0 saturated carbocycles. The number of rotatable bonds is 7. The Kier molecular flexibility index (Phi) is 6.95. The van der Waals surface area contributed by atoms with Crippen LogP contribution in [0.25, 0.3) is 10.9 Å². The van der Waals surface area contributed by atoms with Crippen molar-refractivity contribution in [1.82, 2.24) is 9.55 Å². The van der Waals surface area contributed by atoms with E-state index in [0.717, 1.165) is 5.56 Å². The van der Waals surface area contributed by atoms with Crippen molar-refractivity contribution >= 4 is 34.4 Å². The highest BCUT2D eigenvalue weighted by molar-refractivity contribution is 7.99. The second-order valence-electron chi connectivity index (χ2n) is 8.19. The molecular formula is C24H26N2O4S. The van der Waals surface area contributed by atoms with Gasteiger partial charge in [-0.25, -0.2) is 9.78 Å². The summed E-state index contributed by atoms with van der Waals surface area (Å²) in [5.41, 5.74) is 1.01. The van der Waals surface area contributed by atoms with Crippen LogP contribution in [0.3, 0.4) is 0 Å². The minimum absolute atomic E-state index is 0.0679. The Morgan fingerprint density at radius 3 is 2.45 bits per heavy atom. The topological polar surface area (TPSA) is 78.3 Å². The number of nitrogens with zero attached hydrogens (tertiary/aromatic N) is 2. The van der Waals surface area contributed by atoms with Crippen LogP contribution in [0.15, 0.2) is 58.5 Å². The fraction of sp³-hybridized carbons (Fsp3) is 0.333. The highest BCUT2D eigenvalue weighted by atomic mass is 32.2. The summed E-state index contributed by atoms with van der Waals surface area (Å²) in [5, 5.41) is 0.857. The van der Waals surface area contributed by atoms with Crippen molar-refractivity contribution in [2.75, 3.05) is 12.4 Å². The third-order valence-electron chi connectivity index (χ3n) is 4.78. The second kappa shape index (κ2) is 9.47. The zero-order valence-corrected chi connectivity index (χ0v) is 19.0. The van der Waals surface area contributed by atoms with Crippen molar-refractivity contribution in [1.29, 1.82) is 0 Å². The Labute approximate surface area is 185 Å². The Morgan fingerprint density at radius 2 is 1.81 bits per heavy atom. The fourth-order valence-electron chi connectivity index (χ4n) is 2.90. The maximum atomic E-state index is 13.3. The first-order valence-electron chi connectivity index (χ1n) is 10.1. The number of esters is 1. The number of aromatic nitrogens is 2. The zero-order chi connectivity index (χ0) is 22.6. The molecule has 0 unspecified atom stereocenters. The van der Waals surface area contributed by atoms with Gasteiger partial charge >= 0.3 is 5.97 Å². The molecule has 0 aliphatic carbocycles. The third-order valence-corrected chi connectivity index (χ3v) is 5.76. The van der Waals surface area contributed by atoms with Crippen molar-refractivity contribution in [2.45, 2.75) is 39.4 Å². The smallest absolute Gasteiger partial charge is 0.338 e. The van der Waals surface area contributed by atoms with Gasteiger partial charge in [0.2, 0.25) is 0 Å². The quantitative estimate of drug-likeness (QED) is 0.310. The zero-order valence-electron chi connectivity index (χ0n) is 18.2. The summed E-state index contributed by atoms with van der Waals surface area (Å²) in [6.07, 6.45) is 0. The molecule has 3 aromatic rings. The Balaban J connectivity index is 2.08. The maximum Gasteiger partial charge on any atom is 0.338 e. The number of hydrogen-bond acceptors (Lipinski definition) is 6. The standard InChI is InChI=1S/C24H26N2O4S/c1-5-30-22(29)17-11-12-18-19(13-17)25-23(31-15-20(27)24(2,3)4)26(21(18)28)14-16-9-7-6-8-10-16/h6-13H,5,14-15H2,1-4H3. The molecule has 0 radical (unpaired) electrons. The molecule has 1 aromatic heterocycles. The summed E-state index contributed by atoms with van der Waals surface area (Å²) < 4.78 is 6.64. The largest absolute Gasteiger partial charge is 0.462 e. The van der Waals surface area contributed by atoms with E-state index in [-0.39, 0.29) is 23.7 Å². The lowest BCUT2D eigenvalue weighted by Crippen LogP contribution is -2.26. The highest BCUT2D eigenvalue weighted by Gasteiger charge is 2.22. The number of fused-ring (bicyclic) bond motifs is 1. The number of Topliss-reactive ketones (excluding diaryl/α,β-unsaturated/α-hetero) is 1. The summed E-state index contributed by atoms with van der Waals surface area (Å²) >= 11 is 1.24. The van der Waals surface area contributed by atoms with Crippen LogP contribution in [0.1, 0.15) is 43.6 Å². The average molecular weight is 439 g/mol. The molecule has 0 saturated heterocycles. The molecular weight excluding hydrogens is 412 g/mol. The van der Waals surface area contributed by atoms with Crippen molar-refractivity contribution in [3.05, 3.63) is 70.0 Å². The normalized spacial score (nSPS) is 11.5.